The molecule has 0 bridgehead atoms. The highest BCUT2D eigenvalue weighted by Gasteiger charge is 2.27. The quantitative estimate of drug-likeness (QED) is 0.539. The molecule has 0 aliphatic heterocycles. The van der Waals surface area contributed by atoms with E-state index in [1.807, 2.05) is 13.0 Å². The number of rotatable bonds is 8. The molecule has 0 aromatic heterocycles. The van der Waals surface area contributed by atoms with Crippen LogP contribution < -0.4 is 10.6 Å². The van der Waals surface area contributed by atoms with E-state index in [1.165, 1.54) is 4.90 Å². The van der Waals surface area contributed by atoms with Crippen LogP contribution in [-0.4, -0.2) is 56.7 Å². The van der Waals surface area contributed by atoms with Crippen LogP contribution in [0, 0.1) is 0 Å². The van der Waals surface area contributed by atoms with Crippen LogP contribution in [-0.2, 0) is 22.7 Å². The third-order valence-electron chi connectivity index (χ3n) is 3.20. The van der Waals surface area contributed by atoms with Crippen LogP contribution >= 0.6 is 0 Å². The average molecular weight is 374 g/mol. The number of aliphatic imine (C=N–C) groups is 1. The summed E-state index contributed by atoms with van der Waals surface area (Å²) in [6, 6.07) is 7.01. The van der Waals surface area contributed by atoms with E-state index in [0.717, 1.165) is 5.56 Å². The Hall–Kier alpha value is -2.29. The first-order valence-electron chi connectivity index (χ1n) is 8.16. The number of ether oxygens (including phenoxy) is 1. The molecule has 0 radical (unpaired) electrons. The molecule has 0 unspecified atom stereocenters. The first-order chi connectivity index (χ1) is 12.2. The van der Waals surface area contributed by atoms with Gasteiger partial charge in [0.1, 0.15) is 6.61 Å². The standard InChI is InChI=1S/C17H25F3N4O2/c1-4-21-16(23-10-15(25)24(2)3)22-9-13-6-5-7-14(8-13)11-26-12-17(18,19)20/h5-8H,4,9-12H2,1-3H3,(H2,21,22,23). The lowest BCUT2D eigenvalue weighted by molar-refractivity contribution is -0.176. The Bertz CT molecular complexity index is 604. The van der Waals surface area contributed by atoms with Crippen molar-refractivity contribution >= 4 is 11.9 Å². The molecule has 9 heteroatoms. The second-order valence-corrected chi connectivity index (χ2v) is 5.76. The van der Waals surface area contributed by atoms with E-state index in [4.69, 9.17) is 0 Å². The number of alkyl halides is 3. The molecule has 0 aliphatic carbocycles. The molecule has 0 aliphatic rings. The smallest absolute Gasteiger partial charge is 0.367 e. The van der Waals surface area contributed by atoms with Gasteiger partial charge in [0.2, 0.25) is 5.91 Å². The van der Waals surface area contributed by atoms with Crippen LogP contribution in [0.3, 0.4) is 0 Å². The summed E-state index contributed by atoms with van der Waals surface area (Å²) in [4.78, 5) is 17.5. The average Bonchev–Trinajstić information content (AvgIpc) is 2.56. The molecule has 0 spiro atoms. The number of hydrogen-bond acceptors (Lipinski definition) is 3. The highest BCUT2D eigenvalue weighted by Crippen LogP contribution is 2.16. The second kappa shape index (κ2) is 10.6. The van der Waals surface area contributed by atoms with Gasteiger partial charge in [-0.05, 0) is 18.1 Å². The van der Waals surface area contributed by atoms with Gasteiger partial charge in [-0.25, -0.2) is 4.99 Å². The van der Waals surface area contributed by atoms with E-state index in [1.54, 1.807) is 32.3 Å². The monoisotopic (exact) mass is 374 g/mol. The number of benzene rings is 1. The number of hydrogen-bond donors (Lipinski definition) is 2. The zero-order chi connectivity index (χ0) is 19.6. The number of likely N-dealkylation sites (N-methyl/N-ethyl adjacent to an activating group) is 1. The summed E-state index contributed by atoms with van der Waals surface area (Å²) in [5, 5.41) is 5.97. The minimum absolute atomic E-state index is 0.0839. The summed E-state index contributed by atoms with van der Waals surface area (Å²) >= 11 is 0. The Morgan fingerprint density at radius 1 is 1.23 bits per heavy atom. The van der Waals surface area contributed by atoms with E-state index in [-0.39, 0.29) is 19.1 Å². The highest BCUT2D eigenvalue weighted by molar-refractivity contribution is 5.86. The van der Waals surface area contributed by atoms with E-state index >= 15 is 0 Å². The summed E-state index contributed by atoms with van der Waals surface area (Å²) in [5.41, 5.74) is 1.47. The molecular weight excluding hydrogens is 349 g/mol. The molecule has 6 nitrogen and oxygen atoms in total. The van der Waals surface area contributed by atoms with Gasteiger partial charge in [-0.1, -0.05) is 24.3 Å². The SMILES string of the molecule is CCNC(=NCc1cccc(COCC(F)(F)F)c1)NCC(=O)N(C)C. The topological polar surface area (TPSA) is 66.0 Å². The van der Waals surface area contributed by atoms with Gasteiger partial charge in [-0.3, -0.25) is 4.79 Å². The van der Waals surface area contributed by atoms with Gasteiger partial charge < -0.3 is 20.3 Å². The summed E-state index contributed by atoms with van der Waals surface area (Å²) in [6.07, 6.45) is -4.34. The fourth-order valence-corrected chi connectivity index (χ4v) is 1.93. The van der Waals surface area contributed by atoms with Crippen molar-refractivity contribution in [1.29, 1.82) is 0 Å². The first-order valence-corrected chi connectivity index (χ1v) is 8.16. The van der Waals surface area contributed by atoms with Crippen molar-refractivity contribution in [2.75, 3.05) is 33.8 Å². The lowest BCUT2D eigenvalue weighted by Crippen LogP contribution is -2.42. The Labute approximate surface area is 151 Å². The number of carbonyl (C=O) groups is 1. The summed E-state index contributed by atoms with van der Waals surface area (Å²) < 4.78 is 41.0. The second-order valence-electron chi connectivity index (χ2n) is 5.76. The van der Waals surface area contributed by atoms with Crippen molar-refractivity contribution in [3.05, 3.63) is 35.4 Å². The molecule has 0 saturated heterocycles. The fourth-order valence-electron chi connectivity index (χ4n) is 1.93. The van der Waals surface area contributed by atoms with Crippen LogP contribution in [0.2, 0.25) is 0 Å². The number of carbonyl (C=O) groups excluding carboxylic acids is 1. The molecule has 146 valence electrons. The molecule has 2 N–H and O–H groups in total. The van der Waals surface area contributed by atoms with E-state index in [2.05, 4.69) is 20.4 Å². The van der Waals surface area contributed by atoms with E-state index in [9.17, 15) is 18.0 Å². The maximum absolute atomic E-state index is 12.1. The van der Waals surface area contributed by atoms with Crippen LogP contribution in [0.5, 0.6) is 0 Å². The van der Waals surface area contributed by atoms with Crippen molar-refractivity contribution in [3.8, 4) is 0 Å². The Morgan fingerprint density at radius 3 is 2.54 bits per heavy atom. The summed E-state index contributed by atoms with van der Waals surface area (Å²) in [7, 11) is 3.33. The molecule has 1 aromatic carbocycles. The molecule has 0 atom stereocenters. The summed E-state index contributed by atoms with van der Waals surface area (Å²) in [6.45, 7) is 1.58. The van der Waals surface area contributed by atoms with Crippen LogP contribution in [0.25, 0.3) is 0 Å². The Morgan fingerprint density at radius 2 is 1.92 bits per heavy atom. The molecule has 1 rings (SSSR count). The predicted octanol–water partition coefficient (Wildman–Crippen LogP) is 1.91. The van der Waals surface area contributed by atoms with Gasteiger partial charge in [0.25, 0.3) is 0 Å². The van der Waals surface area contributed by atoms with Crippen molar-refractivity contribution in [2.24, 2.45) is 4.99 Å². The summed E-state index contributed by atoms with van der Waals surface area (Å²) in [5.74, 6) is 0.404. The van der Waals surface area contributed by atoms with Gasteiger partial charge in [0, 0.05) is 20.6 Å². The number of nitrogens with zero attached hydrogens (tertiary/aromatic N) is 2. The van der Waals surface area contributed by atoms with Crippen LogP contribution in [0.4, 0.5) is 13.2 Å². The fraction of sp³-hybridized carbons (Fsp3) is 0.529. The molecule has 0 saturated carbocycles. The molecule has 26 heavy (non-hydrogen) atoms. The predicted molar refractivity (Wildman–Crippen MR) is 93.7 cm³/mol. The third-order valence-corrected chi connectivity index (χ3v) is 3.20. The van der Waals surface area contributed by atoms with Crippen molar-refractivity contribution in [1.82, 2.24) is 15.5 Å². The minimum Gasteiger partial charge on any atom is -0.367 e. The molecule has 1 amide bonds. The van der Waals surface area contributed by atoms with Crippen molar-refractivity contribution in [3.63, 3.8) is 0 Å². The number of guanidine groups is 1. The van der Waals surface area contributed by atoms with Gasteiger partial charge in [-0.2, -0.15) is 13.2 Å². The Balaban J connectivity index is 2.62. The number of halogens is 3. The lowest BCUT2D eigenvalue weighted by atomic mass is 10.1. The molecule has 0 fully saturated rings. The largest absolute Gasteiger partial charge is 0.411 e. The van der Waals surface area contributed by atoms with Gasteiger partial charge in [0.05, 0.1) is 19.7 Å². The molecular formula is C17H25F3N4O2. The number of nitrogens with one attached hydrogen (secondary N) is 2. The normalized spacial score (nSPS) is 12.0. The van der Waals surface area contributed by atoms with E-state index in [0.29, 0.717) is 24.6 Å². The Kier molecular flexibility index (Phi) is 8.91. The van der Waals surface area contributed by atoms with Gasteiger partial charge >= 0.3 is 6.18 Å². The number of amides is 1. The van der Waals surface area contributed by atoms with Crippen molar-refractivity contribution in [2.45, 2.75) is 26.3 Å². The first kappa shape index (κ1) is 21.8. The molecule has 1 aromatic rings. The maximum Gasteiger partial charge on any atom is 0.411 e. The lowest BCUT2D eigenvalue weighted by Gasteiger charge is -2.14. The third kappa shape index (κ3) is 9.26. The minimum atomic E-state index is -4.34. The zero-order valence-corrected chi connectivity index (χ0v) is 15.2. The van der Waals surface area contributed by atoms with Crippen LogP contribution in [0.15, 0.2) is 29.3 Å². The van der Waals surface area contributed by atoms with Crippen LogP contribution in [0.1, 0.15) is 18.1 Å². The van der Waals surface area contributed by atoms with Gasteiger partial charge in [-0.15, -0.1) is 0 Å². The van der Waals surface area contributed by atoms with E-state index < -0.39 is 12.8 Å². The van der Waals surface area contributed by atoms with Crippen molar-refractivity contribution < 1.29 is 22.7 Å². The highest BCUT2D eigenvalue weighted by atomic mass is 19.4. The zero-order valence-electron chi connectivity index (χ0n) is 15.2. The van der Waals surface area contributed by atoms with Gasteiger partial charge in [0.15, 0.2) is 5.96 Å². The molecule has 0 heterocycles. The maximum atomic E-state index is 12.1.